The van der Waals surface area contributed by atoms with Crippen molar-refractivity contribution in [2.75, 3.05) is 10.7 Å². The van der Waals surface area contributed by atoms with E-state index in [4.69, 9.17) is 0 Å². The summed E-state index contributed by atoms with van der Waals surface area (Å²) in [5.41, 5.74) is 4.88. The maximum Gasteiger partial charge on any atom is 0.573 e. The van der Waals surface area contributed by atoms with Crippen molar-refractivity contribution in [2.45, 2.75) is 46.0 Å². The lowest BCUT2D eigenvalue weighted by Crippen LogP contribution is -2.32. The first kappa shape index (κ1) is 30.8. The van der Waals surface area contributed by atoms with Crippen molar-refractivity contribution in [3.63, 3.8) is 0 Å². The number of carbonyl (C=O) groups is 2. The maximum absolute atomic E-state index is 12.9. The van der Waals surface area contributed by atoms with Crippen molar-refractivity contribution in [2.24, 2.45) is 4.99 Å². The minimum Gasteiger partial charge on any atom is -0.406 e. The molecule has 1 saturated heterocycles. The summed E-state index contributed by atoms with van der Waals surface area (Å²) in [6, 6.07) is 17.4. The summed E-state index contributed by atoms with van der Waals surface area (Å²) in [5.74, 6) is 0.344. The molecule has 1 unspecified atom stereocenters. The number of amides is 3. The van der Waals surface area contributed by atoms with Gasteiger partial charge < -0.3 is 10.1 Å². The van der Waals surface area contributed by atoms with Gasteiger partial charge in [-0.15, -0.1) is 18.3 Å². The molecular formula is C31H29F3N6O3S. The molecule has 228 valence electrons. The largest absolute Gasteiger partial charge is 0.573 e. The van der Waals surface area contributed by atoms with Crippen LogP contribution in [0.3, 0.4) is 0 Å². The Hall–Kier alpha value is -4.65. The fourth-order valence-corrected chi connectivity index (χ4v) is 5.78. The second-order valence-electron chi connectivity index (χ2n) is 10.4. The van der Waals surface area contributed by atoms with Gasteiger partial charge in [0.1, 0.15) is 12.1 Å². The van der Waals surface area contributed by atoms with E-state index in [-0.39, 0.29) is 29.4 Å². The molecule has 44 heavy (non-hydrogen) atoms. The summed E-state index contributed by atoms with van der Waals surface area (Å²) in [6.07, 6.45) is -3.31. The highest BCUT2D eigenvalue weighted by Gasteiger charge is 2.33. The molecule has 4 aromatic rings. The van der Waals surface area contributed by atoms with Gasteiger partial charge in [-0.1, -0.05) is 62.0 Å². The van der Waals surface area contributed by atoms with Gasteiger partial charge in [0.25, 0.3) is 0 Å². The van der Waals surface area contributed by atoms with E-state index in [9.17, 15) is 22.8 Å². The minimum atomic E-state index is -4.77. The smallest absolute Gasteiger partial charge is 0.406 e. The Kier molecular flexibility index (Phi) is 8.77. The number of aryl methyl sites for hydroxylation is 1. The van der Waals surface area contributed by atoms with Gasteiger partial charge in [0.05, 0.1) is 23.2 Å². The third-order valence-corrected chi connectivity index (χ3v) is 7.84. The number of anilines is 1. The lowest BCUT2D eigenvalue weighted by Gasteiger charge is -2.23. The lowest BCUT2D eigenvalue weighted by atomic mass is 9.95. The highest BCUT2D eigenvalue weighted by atomic mass is 32.2. The molecule has 1 aliphatic heterocycles. The molecule has 13 heteroatoms. The van der Waals surface area contributed by atoms with Crippen LogP contribution in [0, 0.1) is 6.92 Å². The Balaban J connectivity index is 1.25. The Labute approximate surface area is 256 Å². The number of nitrogens with zero attached hydrogens (tertiary/aromatic N) is 5. The van der Waals surface area contributed by atoms with Crippen LogP contribution in [0.15, 0.2) is 78.0 Å². The predicted octanol–water partition coefficient (Wildman–Crippen LogP) is 7.17. The molecule has 2 heterocycles. The molecule has 5 rings (SSSR count). The number of ether oxygens (including phenoxy) is 1. The fraction of sp³-hybridized carbons (Fsp3) is 0.258. The van der Waals surface area contributed by atoms with Gasteiger partial charge >= 0.3 is 12.4 Å². The number of amidine groups is 1. The molecule has 1 fully saturated rings. The normalized spacial score (nSPS) is 15.2. The Morgan fingerprint density at radius 1 is 1.05 bits per heavy atom. The van der Waals surface area contributed by atoms with Crippen molar-refractivity contribution in [3.8, 4) is 22.8 Å². The van der Waals surface area contributed by atoms with Crippen molar-refractivity contribution >= 4 is 34.6 Å². The van der Waals surface area contributed by atoms with Crippen LogP contribution in [0.2, 0.25) is 0 Å². The maximum atomic E-state index is 12.9. The zero-order valence-electron chi connectivity index (χ0n) is 24.3. The van der Waals surface area contributed by atoms with E-state index in [1.54, 1.807) is 0 Å². The molecule has 1 aromatic heterocycles. The first-order valence-electron chi connectivity index (χ1n) is 13.7. The Morgan fingerprint density at radius 3 is 2.41 bits per heavy atom. The molecule has 0 bridgehead atoms. The molecule has 0 saturated carbocycles. The van der Waals surface area contributed by atoms with E-state index in [0.717, 1.165) is 22.4 Å². The standard InChI is InChI=1S/C31H29F3N6O3S/c1-18(2)27-19(3)6-5-7-25(27)40-26(41)16-44-30(40)37-29(42)36-20(4)21-8-10-22(11-9-21)28-35-17-39(38-28)23-12-14-24(15-13-23)43-31(32,33)34/h5-15,17-18,20H,16H2,1-4H3,(H,36,42)/b37-30-. The van der Waals surface area contributed by atoms with Crippen LogP contribution in [-0.2, 0) is 4.79 Å². The molecule has 1 aliphatic rings. The van der Waals surface area contributed by atoms with E-state index >= 15 is 0 Å². The zero-order valence-corrected chi connectivity index (χ0v) is 25.1. The van der Waals surface area contributed by atoms with Crippen molar-refractivity contribution in [1.82, 2.24) is 20.1 Å². The van der Waals surface area contributed by atoms with Crippen LogP contribution >= 0.6 is 11.8 Å². The van der Waals surface area contributed by atoms with E-state index in [0.29, 0.717) is 22.2 Å². The van der Waals surface area contributed by atoms with Crippen LogP contribution in [0.5, 0.6) is 5.75 Å². The van der Waals surface area contributed by atoms with Crippen molar-refractivity contribution in [3.05, 3.63) is 89.7 Å². The van der Waals surface area contributed by atoms with Crippen LogP contribution in [-0.4, -0.2) is 44.0 Å². The van der Waals surface area contributed by atoms with E-state index in [1.165, 1.54) is 51.9 Å². The number of rotatable bonds is 7. The first-order chi connectivity index (χ1) is 20.9. The number of benzene rings is 3. The average Bonchev–Trinajstić information content (AvgIpc) is 3.59. The molecule has 0 radical (unpaired) electrons. The molecule has 0 spiro atoms. The monoisotopic (exact) mass is 622 g/mol. The second-order valence-corrected chi connectivity index (χ2v) is 11.4. The summed E-state index contributed by atoms with van der Waals surface area (Å²) in [5, 5.41) is 7.62. The SMILES string of the molecule is Cc1cccc(N2C(=O)CS/C2=N\C(=O)NC(C)c2ccc(-c3ncn(-c4ccc(OC(F)(F)F)cc4)n3)cc2)c1C(C)C. The number of nitrogens with one attached hydrogen (secondary N) is 1. The van der Waals surface area contributed by atoms with Crippen molar-refractivity contribution in [1.29, 1.82) is 0 Å². The van der Waals surface area contributed by atoms with Gasteiger partial charge in [0, 0.05) is 5.56 Å². The number of alkyl halides is 3. The summed E-state index contributed by atoms with van der Waals surface area (Å²) in [6.45, 7) is 7.96. The molecule has 1 atom stereocenters. The first-order valence-corrected chi connectivity index (χ1v) is 14.7. The number of hydrogen-bond acceptors (Lipinski definition) is 6. The molecule has 0 aliphatic carbocycles. The van der Waals surface area contributed by atoms with Crippen LogP contribution in [0.4, 0.5) is 23.7 Å². The molecular weight excluding hydrogens is 593 g/mol. The minimum absolute atomic E-state index is 0.124. The third kappa shape index (κ3) is 6.94. The topological polar surface area (TPSA) is 102 Å². The van der Waals surface area contributed by atoms with Crippen molar-refractivity contribution < 1.29 is 27.5 Å². The number of hydrogen-bond donors (Lipinski definition) is 1. The van der Waals surface area contributed by atoms with Gasteiger partial charge in [-0.2, -0.15) is 4.99 Å². The molecule has 1 N–H and O–H groups in total. The molecule has 3 amide bonds. The Bertz CT molecular complexity index is 1700. The van der Waals surface area contributed by atoms with Gasteiger partial charge in [-0.05, 0) is 66.8 Å². The molecule has 3 aromatic carbocycles. The van der Waals surface area contributed by atoms with E-state index in [1.807, 2.05) is 56.3 Å². The van der Waals surface area contributed by atoms with Gasteiger partial charge in [-0.25, -0.2) is 14.5 Å². The fourth-order valence-electron chi connectivity index (χ4n) is 4.92. The highest BCUT2D eigenvalue weighted by Crippen LogP contribution is 2.35. The number of urea groups is 1. The predicted molar refractivity (Wildman–Crippen MR) is 163 cm³/mol. The van der Waals surface area contributed by atoms with Crippen LogP contribution in [0.25, 0.3) is 17.1 Å². The van der Waals surface area contributed by atoms with Crippen LogP contribution < -0.4 is 15.0 Å². The van der Waals surface area contributed by atoms with E-state index < -0.39 is 12.4 Å². The lowest BCUT2D eigenvalue weighted by molar-refractivity contribution is -0.274. The second kappa shape index (κ2) is 12.5. The summed E-state index contributed by atoms with van der Waals surface area (Å²) in [7, 11) is 0. The van der Waals surface area contributed by atoms with E-state index in [2.05, 4.69) is 39.0 Å². The summed E-state index contributed by atoms with van der Waals surface area (Å²) < 4.78 is 42.6. The average molecular weight is 623 g/mol. The molecule has 9 nitrogen and oxygen atoms in total. The zero-order chi connectivity index (χ0) is 31.6. The van der Waals surface area contributed by atoms with Gasteiger partial charge in [0.15, 0.2) is 11.0 Å². The van der Waals surface area contributed by atoms with Crippen LogP contribution in [0.1, 0.15) is 49.4 Å². The summed E-state index contributed by atoms with van der Waals surface area (Å²) >= 11 is 1.23. The van der Waals surface area contributed by atoms with Gasteiger partial charge in [-0.3, -0.25) is 9.69 Å². The Morgan fingerprint density at radius 2 is 1.75 bits per heavy atom. The quantitative estimate of drug-likeness (QED) is 0.235. The number of aliphatic imine (C=N–C) groups is 1. The highest BCUT2D eigenvalue weighted by molar-refractivity contribution is 8.15. The number of halogens is 3. The van der Waals surface area contributed by atoms with Gasteiger partial charge in [0.2, 0.25) is 5.91 Å². The third-order valence-electron chi connectivity index (χ3n) is 6.92. The summed E-state index contributed by atoms with van der Waals surface area (Å²) in [4.78, 5) is 35.8. The number of aromatic nitrogens is 3. The number of carbonyl (C=O) groups excluding carboxylic acids is 2. The number of thioether (sulfide) groups is 1.